The van der Waals surface area contributed by atoms with Crippen LogP contribution in [0.5, 0.6) is 5.75 Å². The van der Waals surface area contributed by atoms with Crippen molar-refractivity contribution in [1.29, 1.82) is 0 Å². The first kappa shape index (κ1) is 71.3. The molecule has 0 radical (unpaired) electrons. The van der Waals surface area contributed by atoms with Crippen LogP contribution < -0.4 is 38.0 Å². The number of ketones is 1. The van der Waals surface area contributed by atoms with E-state index in [9.17, 15) is 42.3 Å². The summed E-state index contributed by atoms with van der Waals surface area (Å²) in [7, 11) is 1.61. The SMILES string of the molecule is CC(C)(CCCCc1ccccc1)NC(=O)n1c(=O)oc2cc(-c3ccc(F)cc3)ccc21.COc1ccc(-c2cccc3c2oc(=O)n3C(=O)NC(C)(C)CCCCc2ccccc2)cc1.O=C(c1ccc(F)cc1)c1cccc2c1oc(=O)n2C(=O)NCCCCCc1ccccc1. The normalized spacial score (nSPS) is 11.3. The molecule has 514 valence electrons. The second kappa shape index (κ2) is 33.2. The number of ether oxygens (including phenoxy) is 1. The Morgan fingerprint density at radius 3 is 1.42 bits per heavy atom. The molecule has 9 aromatic carbocycles. The number of rotatable bonds is 23. The Kier molecular flexibility index (Phi) is 23.7. The molecule has 3 N–H and O–H groups in total. The van der Waals surface area contributed by atoms with Crippen LogP contribution in [-0.4, -0.2) is 62.3 Å². The van der Waals surface area contributed by atoms with Crippen molar-refractivity contribution in [3.8, 4) is 28.0 Å². The van der Waals surface area contributed by atoms with E-state index >= 15 is 0 Å². The number of para-hydroxylation sites is 2. The Morgan fingerprint density at radius 2 is 0.880 bits per heavy atom. The van der Waals surface area contributed by atoms with Crippen LogP contribution in [0.3, 0.4) is 0 Å². The largest absolute Gasteiger partial charge is 0.497 e. The van der Waals surface area contributed by atoms with E-state index in [0.29, 0.717) is 28.7 Å². The number of carbonyl (C=O) groups excluding carboxylic acids is 4. The van der Waals surface area contributed by atoms with Gasteiger partial charge in [-0.15, -0.1) is 0 Å². The summed E-state index contributed by atoms with van der Waals surface area (Å²) in [6.45, 7) is 8.27. The molecule has 0 saturated carbocycles. The fraction of sp³-hybridized carbons (Fsp3) is 0.247. The molecule has 3 heterocycles. The third-order valence-electron chi connectivity index (χ3n) is 17.2. The number of nitrogens with zero attached hydrogens (tertiary/aromatic N) is 3. The fourth-order valence-corrected chi connectivity index (χ4v) is 11.9. The van der Waals surface area contributed by atoms with E-state index in [2.05, 4.69) is 52.3 Å². The van der Waals surface area contributed by atoms with E-state index in [1.165, 1.54) is 59.2 Å². The summed E-state index contributed by atoms with van der Waals surface area (Å²) in [5, 5.41) is 8.72. The molecule has 0 aliphatic heterocycles. The van der Waals surface area contributed by atoms with Crippen LogP contribution in [0.2, 0.25) is 0 Å². The number of aromatic nitrogens is 3. The lowest BCUT2D eigenvalue weighted by molar-refractivity contribution is 0.103. The maximum atomic E-state index is 13.2. The zero-order chi connectivity index (χ0) is 70.8. The van der Waals surface area contributed by atoms with Gasteiger partial charge in [-0.25, -0.2) is 37.5 Å². The molecular weight excluding hydrogens is 1270 g/mol. The number of benzene rings is 9. The number of unbranched alkanes of at least 4 members (excludes halogenated alkanes) is 4. The average Bonchev–Trinajstić information content (AvgIpc) is 1.63. The Hall–Kier alpha value is -11.5. The van der Waals surface area contributed by atoms with E-state index in [4.69, 9.17) is 18.0 Å². The van der Waals surface area contributed by atoms with Gasteiger partial charge >= 0.3 is 35.4 Å². The summed E-state index contributed by atoms with van der Waals surface area (Å²) in [6.07, 6.45) is 11.2. The van der Waals surface area contributed by atoms with Crippen molar-refractivity contribution in [1.82, 2.24) is 29.7 Å². The van der Waals surface area contributed by atoms with Crippen molar-refractivity contribution in [3.63, 3.8) is 0 Å². The van der Waals surface area contributed by atoms with E-state index in [1.54, 1.807) is 55.6 Å². The van der Waals surface area contributed by atoms with Gasteiger partial charge in [0.2, 0.25) is 0 Å². The van der Waals surface area contributed by atoms with E-state index in [0.717, 1.165) is 119 Å². The van der Waals surface area contributed by atoms with Crippen molar-refractivity contribution in [3.05, 3.63) is 289 Å². The van der Waals surface area contributed by atoms with Gasteiger partial charge in [0.05, 0.1) is 18.2 Å². The number of methoxy groups -OCH3 is 1. The monoisotopic (exact) mass is 1350 g/mol. The van der Waals surface area contributed by atoms with Crippen molar-refractivity contribution in [2.24, 2.45) is 0 Å². The lowest BCUT2D eigenvalue weighted by atomic mass is 9.96. The smallest absolute Gasteiger partial charge is 0.428 e. The molecule has 0 fully saturated rings. The van der Waals surface area contributed by atoms with E-state index in [-0.39, 0.29) is 28.0 Å². The fourth-order valence-electron chi connectivity index (χ4n) is 11.9. The minimum absolute atomic E-state index is 0.0230. The summed E-state index contributed by atoms with van der Waals surface area (Å²) in [6, 6.07) is 63.0. The second-order valence-electron chi connectivity index (χ2n) is 25.7. The van der Waals surface area contributed by atoms with Crippen LogP contribution in [-0.2, 0) is 19.3 Å². The van der Waals surface area contributed by atoms with Gasteiger partial charge in [-0.1, -0.05) is 159 Å². The van der Waals surface area contributed by atoms with Crippen molar-refractivity contribution in [2.75, 3.05) is 13.7 Å². The van der Waals surface area contributed by atoms with E-state index in [1.807, 2.05) is 119 Å². The number of hydrogen-bond donors (Lipinski definition) is 3. The molecule has 12 rings (SSSR count). The molecule has 17 nitrogen and oxygen atoms in total. The van der Waals surface area contributed by atoms with Crippen LogP contribution in [0.1, 0.15) is 118 Å². The lowest BCUT2D eigenvalue weighted by Gasteiger charge is -2.26. The number of amides is 3. The highest BCUT2D eigenvalue weighted by atomic mass is 19.1. The molecule has 0 atom stereocenters. The lowest BCUT2D eigenvalue weighted by Crippen LogP contribution is -2.47. The van der Waals surface area contributed by atoms with Gasteiger partial charge in [-0.05, 0) is 198 Å². The Bertz CT molecular complexity index is 4940. The predicted molar refractivity (Wildman–Crippen MR) is 385 cm³/mol. The van der Waals surface area contributed by atoms with Gasteiger partial charge in [-0.3, -0.25) is 4.79 Å². The van der Waals surface area contributed by atoms with Gasteiger partial charge < -0.3 is 33.9 Å². The van der Waals surface area contributed by atoms with Crippen molar-refractivity contribution >= 4 is 57.2 Å². The Morgan fingerprint density at radius 1 is 0.430 bits per heavy atom. The molecule has 3 amide bonds. The molecule has 0 spiro atoms. The number of nitrogens with one attached hydrogen (secondary N) is 3. The second-order valence-corrected chi connectivity index (χ2v) is 25.7. The predicted octanol–water partition coefficient (Wildman–Crippen LogP) is 17.1. The number of aryl methyl sites for hydroxylation is 3. The summed E-state index contributed by atoms with van der Waals surface area (Å²) >= 11 is 0. The zero-order valence-electron chi connectivity index (χ0n) is 56.6. The highest BCUT2D eigenvalue weighted by Gasteiger charge is 2.28. The molecule has 0 saturated heterocycles. The summed E-state index contributed by atoms with van der Waals surface area (Å²) in [4.78, 5) is 89.1. The molecule has 19 heteroatoms. The molecule has 3 aromatic heterocycles. The zero-order valence-corrected chi connectivity index (χ0v) is 56.6. The average molecular weight is 1350 g/mol. The van der Waals surface area contributed by atoms with Crippen molar-refractivity contribution in [2.45, 2.75) is 116 Å². The number of fused-ring (bicyclic) bond motifs is 3. The van der Waals surface area contributed by atoms with Crippen molar-refractivity contribution < 1.29 is 45.9 Å². The van der Waals surface area contributed by atoms with Crippen LogP contribution in [0.25, 0.3) is 55.6 Å². The topological polar surface area (TPSA) is 219 Å². The maximum Gasteiger partial charge on any atom is 0.428 e. The van der Waals surface area contributed by atoms with Gasteiger partial charge in [0, 0.05) is 28.7 Å². The highest BCUT2D eigenvalue weighted by Crippen LogP contribution is 2.31. The first-order chi connectivity index (χ1) is 48.2. The summed E-state index contributed by atoms with van der Waals surface area (Å²) in [5.41, 5.74) is 8.23. The van der Waals surface area contributed by atoms with Gasteiger partial charge in [-0.2, -0.15) is 13.7 Å². The van der Waals surface area contributed by atoms with Crippen LogP contribution in [0.15, 0.2) is 246 Å². The Labute approximate surface area is 577 Å². The minimum atomic E-state index is -0.870. The number of halogens is 2. The van der Waals surface area contributed by atoms with Crippen LogP contribution in [0.4, 0.5) is 23.2 Å². The summed E-state index contributed by atoms with van der Waals surface area (Å²) < 4.78 is 50.7. The summed E-state index contributed by atoms with van der Waals surface area (Å²) in [5.74, 6) is -2.78. The maximum absolute atomic E-state index is 13.2. The number of hydrogen-bond acceptors (Lipinski definition) is 11. The Balaban J connectivity index is 0.000000162. The molecule has 0 aliphatic rings. The first-order valence-electron chi connectivity index (χ1n) is 33.4. The van der Waals surface area contributed by atoms with E-state index < -0.39 is 58.0 Å². The molecule has 0 aliphatic carbocycles. The molecule has 0 unspecified atom stereocenters. The highest BCUT2D eigenvalue weighted by molar-refractivity contribution is 6.15. The molecule has 12 aromatic rings. The molecular formula is C81H80F2N6O11. The van der Waals surface area contributed by atoms with Gasteiger partial charge in [0.15, 0.2) is 22.5 Å². The quantitative estimate of drug-likeness (QED) is 0.0404. The third-order valence-corrected chi connectivity index (χ3v) is 17.2. The van der Waals surface area contributed by atoms with Crippen LogP contribution in [0, 0.1) is 11.6 Å². The minimum Gasteiger partial charge on any atom is -0.497 e. The van der Waals surface area contributed by atoms with Crippen LogP contribution >= 0.6 is 0 Å². The van der Waals surface area contributed by atoms with Gasteiger partial charge in [0.1, 0.15) is 28.4 Å². The first-order valence-corrected chi connectivity index (χ1v) is 33.4. The molecule has 100 heavy (non-hydrogen) atoms. The third kappa shape index (κ3) is 18.6. The number of carbonyl (C=O) groups is 4. The number of oxazole rings is 3. The molecule has 0 bridgehead atoms. The van der Waals surface area contributed by atoms with Gasteiger partial charge in [0.25, 0.3) is 0 Å². The standard InChI is InChI=1S/C28H30N2O4.C27H27FN2O3.C26H23FN2O4/c1-28(2,19-8-7-12-20-10-5-4-6-11-20)29-26(31)30-24-14-9-13-23(25(24)34-27(30)32)21-15-17-22(33-3)18-16-21;1-27(2,17-7-6-10-19-8-4-3-5-9-19)29-25(31)30-23-16-13-21(18-24(23)33-26(30)32)20-11-14-22(28)15-12-20;27-20-15-13-19(14-16-20)23(30)21-11-7-12-22-24(21)33-26(32)29(22)25(31)28-17-6-2-5-10-18-8-3-1-4-9-18/h4-6,9-11,13-18H,7-8,12,19H2,1-3H3,(H,29,31);3-5,8-9,11-16,18H,6-7,10,17H2,1-2H3,(H,29,31);1,3-4,7-9,11-16H,2,5-6,10,17H2,(H,28,31).